The van der Waals surface area contributed by atoms with Crippen LogP contribution in [0.4, 0.5) is 0 Å². The van der Waals surface area contributed by atoms with Gasteiger partial charge in [0.25, 0.3) is 5.56 Å². The summed E-state index contributed by atoms with van der Waals surface area (Å²) < 4.78 is 7.35. The van der Waals surface area contributed by atoms with E-state index in [9.17, 15) is 4.79 Å². The number of benzene rings is 1. The number of hydrogen-bond donors (Lipinski definition) is 0. The zero-order valence-corrected chi connectivity index (χ0v) is 13.7. The molecular weight excluding hydrogens is 335 g/mol. The SMILES string of the molecule is CC1Cc2c(c3cccnc3n(-c3cc(Cl)ccc3Cl)c2=O)O1. The van der Waals surface area contributed by atoms with Crippen molar-refractivity contribution in [1.29, 1.82) is 0 Å². The average Bonchev–Trinajstić information content (AvgIpc) is 2.93. The van der Waals surface area contributed by atoms with Gasteiger partial charge < -0.3 is 4.74 Å². The molecule has 3 heterocycles. The minimum Gasteiger partial charge on any atom is -0.489 e. The van der Waals surface area contributed by atoms with Crippen molar-refractivity contribution >= 4 is 34.2 Å². The number of halogens is 2. The second-order valence-corrected chi connectivity index (χ2v) is 6.39. The summed E-state index contributed by atoms with van der Waals surface area (Å²) in [7, 11) is 0. The predicted molar refractivity (Wildman–Crippen MR) is 91.2 cm³/mol. The van der Waals surface area contributed by atoms with Gasteiger partial charge >= 0.3 is 0 Å². The van der Waals surface area contributed by atoms with Crippen LogP contribution >= 0.6 is 23.2 Å². The van der Waals surface area contributed by atoms with Gasteiger partial charge in [-0.2, -0.15) is 0 Å². The first kappa shape index (κ1) is 14.5. The normalized spacial score (nSPS) is 16.4. The molecule has 6 heteroatoms. The van der Waals surface area contributed by atoms with Gasteiger partial charge in [-0.25, -0.2) is 4.98 Å². The zero-order chi connectivity index (χ0) is 16.1. The van der Waals surface area contributed by atoms with E-state index in [0.717, 1.165) is 5.39 Å². The number of pyridine rings is 2. The fourth-order valence-electron chi connectivity index (χ4n) is 2.97. The van der Waals surface area contributed by atoms with E-state index in [1.165, 1.54) is 4.57 Å². The first-order valence-corrected chi connectivity index (χ1v) is 7.96. The van der Waals surface area contributed by atoms with Crippen LogP contribution in [0.3, 0.4) is 0 Å². The molecule has 0 fully saturated rings. The molecule has 1 aliphatic heterocycles. The molecule has 0 amide bonds. The summed E-state index contributed by atoms with van der Waals surface area (Å²) in [6.45, 7) is 1.94. The first-order chi connectivity index (χ1) is 11.1. The third-order valence-corrected chi connectivity index (χ3v) is 4.49. The van der Waals surface area contributed by atoms with Crippen LogP contribution in [0.25, 0.3) is 16.7 Å². The average molecular weight is 347 g/mol. The van der Waals surface area contributed by atoms with E-state index < -0.39 is 0 Å². The summed E-state index contributed by atoms with van der Waals surface area (Å²) >= 11 is 12.4. The molecule has 0 saturated carbocycles. The van der Waals surface area contributed by atoms with Crippen molar-refractivity contribution in [3.05, 3.63) is 62.5 Å². The van der Waals surface area contributed by atoms with E-state index in [1.807, 2.05) is 19.1 Å². The maximum absolute atomic E-state index is 13.0. The van der Waals surface area contributed by atoms with Gasteiger partial charge in [-0.05, 0) is 37.3 Å². The van der Waals surface area contributed by atoms with Gasteiger partial charge in [-0.1, -0.05) is 23.2 Å². The van der Waals surface area contributed by atoms with Crippen LogP contribution in [0.2, 0.25) is 10.0 Å². The number of rotatable bonds is 1. The Balaban J connectivity index is 2.16. The second-order valence-electron chi connectivity index (χ2n) is 5.55. The van der Waals surface area contributed by atoms with Crippen molar-refractivity contribution in [2.24, 2.45) is 0 Å². The van der Waals surface area contributed by atoms with Crippen LogP contribution in [0.15, 0.2) is 41.3 Å². The largest absolute Gasteiger partial charge is 0.489 e. The van der Waals surface area contributed by atoms with Gasteiger partial charge in [0, 0.05) is 17.6 Å². The molecule has 1 aliphatic rings. The molecule has 1 aromatic carbocycles. The van der Waals surface area contributed by atoms with Gasteiger partial charge in [0.1, 0.15) is 11.9 Å². The van der Waals surface area contributed by atoms with Crippen LogP contribution < -0.4 is 10.3 Å². The van der Waals surface area contributed by atoms with Crippen molar-refractivity contribution < 1.29 is 4.74 Å². The van der Waals surface area contributed by atoms with Crippen molar-refractivity contribution in [3.8, 4) is 11.4 Å². The number of fused-ring (bicyclic) bond motifs is 3. The topological polar surface area (TPSA) is 44.1 Å². The van der Waals surface area contributed by atoms with E-state index in [-0.39, 0.29) is 11.7 Å². The molecule has 0 aliphatic carbocycles. The zero-order valence-electron chi connectivity index (χ0n) is 12.2. The first-order valence-electron chi connectivity index (χ1n) is 7.21. The summed E-state index contributed by atoms with van der Waals surface area (Å²) in [5, 5.41) is 1.74. The molecule has 23 heavy (non-hydrogen) atoms. The summed E-state index contributed by atoms with van der Waals surface area (Å²) in [5.41, 5.74) is 1.51. The summed E-state index contributed by atoms with van der Waals surface area (Å²) in [6, 6.07) is 8.75. The molecule has 1 atom stereocenters. The van der Waals surface area contributed by atoms with Crippen LogP contribution in [-0.4, -0.2) is 15.7 Å². The minimum atomic E-state index is -0.167. The van der Waals surface area contributed by atoms with Gasteiger partial charge in [0.15, 0.2) is 5.65 Å². The van der Waals surface area contributed by atoms with E-state index in [0.29, 0.717) is 39.1 Å². The number of ether oxygens (including phenoxy) is 1. The Hall–Kier alpha value is -2.04. The lowest BCUT2D eigenvalue weighted by Gasteiger charge is -2.14. The summed E-state index contributed by atoms with van der Waals surface area (Å²) in [4.78, 5) is 17.4. The quantitative estimate of drug-likeness (QED) is 0.668. The lowest BCUT2D eigenvalue weighted by Crippen LogP contribution is -2.23. The highest BCUT2D eigenvalue weighted by molar-refractivity contribution is 6.34. The predicted octanol–water partition coefficient (Wildman–Crippen LogP) is 4.02. The molecule has 4 nitrogen and oxygen atoms in total. The van der Waals surface area contributed by atoms with Crippen LogP contribution in [0.5, 0.6) is 5.75 Å². The lowest BCUT2D eigenvalue weighted by molar-refractivity contribution is 0.257. The van der Waals surface area contributed by atoms with E-state index in [2.05, 4.69) is 4.98 Å². The fourth-order valence-corrected chi connectivity index (χ4v) is 3.34. The third-order valence-electron chi connectivity index (χ3n) is 3.94. The Morgan fingerprint density at radius 2 is 2.13 bits per heavy atom. The van der Waals surface area contributed by atoms with Crippen LogP contribution in [-0.2, 0) is 6.42 Å². The van der Waals surface area contributed by atoms with Gasteiger partial charge in [-0.15, -0.1) is 0 Å². The maximum Gasteiger partial charge on any atom is 0.263 e. The molecule has 0 radical (unpaired) electrons. The molecule has 0 spiro atoms. The molecule has 2 aromatic heterocycles. The summed E-state index contributed by atoms with van der Waals surface area (Å²) in [6.07, 6.45) is 2.17. The Kier molecular flexibility index (Phi) is 3.32. The fraction of sp³-hybridized carbons (Fsp3) is 0.176. The van der Waals surface area contributed by atoms with E-state index in [4.69, 9.17) is 27.9 Å². The highest BCUT2D eigenvalue weighted by Gasteiger charge is 2.28. The molecule has 3 aromatic rings. The van der Waals surface area contributed by atoms with Gasteiger partial charge in [0.05, 0.1) is 21.7 Å². The Morgan fingerprint density at radius 1 is 1.30 bits per heavy atom. The van der Waals surface area contributed by atoms with Crippen molar-refractivity contribution in [3.63, 3.8) is 0 Å². The Morgan fingerprint density at radius 3 is 2.96 bits per heavy atom. The smallest absolute Gasteiger partial charge is 0.263 e. The highest BCUT2D eigenvalue weighted by Crippen LogP contribution is 2.35. The van der Waals surface area contributed by atoms with Crippen molar-refractivity contribution in [2.75, 3.05) is 0 Å². The minimum absolute atomic E-state index is 0.0354. The number of nitrogens with zero attached hydrogens (tertiary/aromatic N) is 2. The highest BCUT2D eigenvalue weighted by atomic mass is 35.5. The Bertz CT molecular complexity index is 998. The summed E-state index contributed by atoms with van der Waals surface area (Å²) in [5.74, 6) is 0.625. The van der Waals surface area contributed by atoms with Crippen LogP contribution in [0.1, 0.15) is 12.5 Å². The maximum atomic E-state index is 13.0. The molecule has 116 valence electrons. The number of aromatic nitrogens is 2. The van der Waals surface area contributed by atoms with Gasteiger partial charge in [0.2, 0.25) is 0 Å². The molecule has 0 N–H and O–H groups in total. The third kappa shape index (κ3) is 2.21. The number of hydrogen-bond acceptors (Lipinski definition) is 3. The molecule has 0 saturated heterocycles. The second kappa shape index (κ2) is 5.25. The van der Waals surface area contributed by atoms with Gasteiger partial charge in [-0.3, -0.25) is 9.36 Å². The lowest BCUT2D eigenvalue weighted by atomic mass is 10.1. The molecular formula is C17H12Cl2N2O2. The molecule has 4 rings (SSSR count). The van der Waals surface area contributed by atoms with Crippen LogP contribution in [0, 0.1) is 0 Å². The Labute approximate surface area is 142 Å². The van der Waals surface area contributed by atoms with E-state index >= 15 is 0 Å². The van der Waals surface area contributed by atoms with Crippen molar-refractivity contribution in [1.82, 2.24) is 9.55 Å². The molecule has 0 bridgehead atoms. The monoisotopic (exact) mass is 346 g/mol. The molecule has 1 unspecified atom stereocenters. The van der Waals surface area contributed by atoms with Crippen molar-refractivity contribution in [2.45, 2.75) is 19.4 Å². The van der Waals surface area contributed by atoms with E-state index in [1.54, 1.807) is 24.4 Å². The standard InChI is InChI=1S/C17H12Cl2N2O2/c1-9-7-12-15(23-9)11-3-2-6-20-16(11)21(17(12)22)14-8-10(18)4-5-13(14)19/h2-6,8-9H,7H2,1H3.